The highest BCUT2D eigenvalue weighted by atomic mass is 32.1. The molecular weight excluding hydrogens is 468 g/mol. The Morgan fingerprint density at radius 2 is 2.09 bits per heavy atom. The molecule has 184 valence electrons. The summed E-state index contributed by atoms with van der Waals surface area (Å²) in [4.78, 5) is 33.7. The second-order valence-corrected chi connectivity index (χ2v) is 9.87. The minimum Gasteiger partial charge on any atom is -0.494 e. The van der Waals surface area contributed by atoms with Crippen molar-refractivity contribution >= 4 is 44.0 Å². The predicted molar refractivity (Wildman–Crippen MR) is 136 cm³/mol. The molecule has 0 radical (unpaired) electrons. The molecule has 3 aromatic rings. The first-order valence-corrected chi connectivity index (χ1v) is 12.8. The number of thiazole rings is 1. The molecular formula is C25H28N4O5S. The number of amides is 1. The Hall–Kier alpha value is -3.24. The molecule has 2 aliphatic heterocycles. The SMILES string of the molecule is COc1cccc2sc(N(CC3CCCO3)C(=O)c3ccc(N4CCCCC4)c([N+](=O)[O-])c3)nc12. The predicted octanol–water partition coefficient (Wildman–Crippen LogP) is 5.03. The lowest BCUT2D eigenvalue weighted by Crippen LogP contribution is -2.37. The number of hydrogen-bond acceptors (Lipinski definition) is 8. The van der Waals surface area contributed by atoms with Gasteiger partial charge in [0.2, 0.25) is 0 Å². The zero-order valence-corrected chi connectivity index (χ0v) is 20.5. The van der Waals surface area contributed by atoms with E-state index in [2.05, 4.69) is 0 Å². The Bertz CT molecular complexity index is 1230. The molecule has 2 saturated heterocycles. The standard InChI is InChI=1S/C25H28N4O5S/c1-33-21-8-5-9-22-23(21)26-25(35-22)28(16-18-7-6-14-34-18)24(30)17-10-11-19(20(15-17)29(31)32)27-12-3-2-4-13-27/h5,8-11,15,18H,2-4,6-7,12-14,16H2,1H3. The van der Waals surface area contributed by atoms with Crippen LogP contribution in [-0.2, 0) is 4.74 Å². The molecule has 0 aliphatic carbocycles. The molecule has 0 spiro atoms. The van der Waals surface area contributed by atoms with Crippen molar-refractivity contribution < 1.29 is 19.2 Å². The fourth-order valence-corrected chi connectivity index (χ4v) is 5.78. The number of nitro benzene ring substituents is 1. The van der Waals surface area contributed by atoms with E-state index in [1.54, 1.807) is 24.1 Å². The fourth-order valence-electron chi connectivity index (χ4n) is 4.79. The monoisotopic (exact) mass is 496 g/mol. The fraction of sp³-hybridized carbons (Fsp3) is 0.440. The third kappa shape index (κ3) is 4.81. The number of piperidine rings is 1. The minimum atomic E-state index is -0.395. The van der Waals surface area contributed by atoms with E-state index in [-0.39, 0.29) is 23.3 Å². The van der Waals surface area contributed by atoms with Crippen molar-refractivity contribution in [2.75, 3.05) is 43.2 Å². The number of nitro groups is 1. The Balaban J connectivity index is 1.52. The van der Waals surface area contributed by atoms with Crippen LogP contribution >= 0.6 is 11.3 Å². The molecule has 2 fully saturated rings. The van der Waals surface area contributed by atoms with Gasteiger partial charge in [-0.3, -0.25) is 19.8 Å². The van der Waals surface area contributed by atoms with E-state index < -0.39 is 4.92 Å². The number of nitrogens with zero attached hydrogens (tertiary/aromatic N) is 4. The summed E-state index contributed by atoms with van der Waals surface area (Å²) in [5.74, 6) is 0.308. The largest absolute Gasteiger partial charge is 0.494 e. The summed E-state index contributed by atoms with van der Waals surface area (Å²) in [6.07, 6.45) is 4.84. The molecule has 9 nitrogen and oxygen atoms in total. The van der Waals surface area contributed by atoms with Crippen LogP contribution in [0.5, 0.6) is 5.75 Å². The third-order valence-corrected chi connectivity index (χ3v) is 7.64. The molecule has 1 unspecified atom stereocenters. The van der Waals surface area contributed by atoms with Crippen LogP contribution in [0.4, 0.5) is 16.5 Å². The molecule has 1 atom stereocenters. The van der Waals surface area contributed by atoms with E-state index in [0.717, 1.165) is 49.9 Å². The average Bonchev–Trinajstić information content (AvgIpc) is 3.56. The van der Waals surface area contributed by atoms with Crippen LogP contribution in [-0.4, -0.2) is 55.3 Å². The molecule has 2 aromatic carbocycles. The minimum absolute atomic E-state index is 0.0409. The quantitative estimate of drug-likeness (QED) is 0.334. The van der Waals surface area contributed by atoms with Crippen LogP contribution in [0.25, 0.3) is 10.2 Å². The molecule has 10 heteroatoms. The van der Waals surface area contributed by atoms with Gasteiger partial charge in [-0.25, -0.2) is 4.98 Å². The van der Waals surface area contributed by atoms with Gasteiger partial charge in [-0.15, -0.1) is 0 Å². The van der Waals surface area contributed by atoms with Crippen molar-refractivity contribution in [1.82, 2.24) is 4.98 Å². The first-order chi connectivity index (χ1) is 17.0. The number of benzene rings is 2. The molecule has 0 N–H and O–H groups in total. The van der Waals surface area contributed by atoms with Gasteiger partial charge in [0.25, 0.3) is 11.6 Å². The molecule has 3 heterocycles. The molecule has 5 rings (SSSR count). The number of aromatic nitrogens is 1. The molecule has 0 bridgehead atoms. The van der Waals surface area contributed by atoms with Crippen molar-refractivity contribution in [2.45, 2.75) is 38.2 Å². The summed E-state index contributed by atoms with van der Waals surface area (Å²) < 4.78 is 12.2. The number of carbonyl (C=O) groups is 1. The van der Waals surface area contributed by atoms with E-state index in [0.29, 0.717) is 35.2 Å². The number of ether oxygens (including phenoxy) is 2. The van der Waals surface area contributed by atoms with E-state index in [4.69, 9.17) is 14.5 Å². The summed E-state index contributed by atoms with van der Waals surface area (Å²) in [6, 6.07) is 10.5. The Kier molecular flexibility index (Phi) is 6.83. The number of fused-ring (bicyclic) bond motifs is 1. The zero-order valence-electron chi connectivity index (χ0n) is 19.6. The van der Waals surface area contributed by atoms with Gasteiger partial charge in [0.1, 0.15) is 17.0 Å². The Labute approximate surface area is 207 Å². The van der Waals surface area contributed by atoms with E-state index in [1.165, 1.54) is 17.4 Å². The van der Waals surface area contributed by atoms with Crippen LogP contribution in [0.15, 0.2) is 36.4 Å². The maximum absolute atomic E-state index is 13.8. The summed E-state index contributed by atoms with van der Waals surface area (Å²) in [5.41, 5.74) is 1.48. The lowest BCUT2D eigenvalue weighted by Gasteiger charge is -2.28. The topological polar surface area (TPSA) is 98.0 Å². The van der Waals surface area contributed by atoms with Crippen molar-refractivity contribution in [3.05, 3.63) is 52.1 Å². The van der Waals surface area contributed by atoms with Gasteiger partial charge >= 0.3 is 0 Å². The van der Waals surface area contributed by atoms with Crippen molar-refractivity contribution in [3.8, 4) is 5.75 Å². The van der Waals surface area contributed by atoms with Crippen LogP contribution in [0.2, 0.25) is 0 Å². The Morgan fingerprint density at radius 1 is 1.26 bits per heavy atom. The number of methoxy groups -OCH3 is 1. The van der Waals surface area contributed by atoms with E-state index >= 15 is 0 Å². The third-order valence-electron chi connectivity index (χ3n) is 6.59. The zero-order chi connectivity index (χ0) is 24.4. The molecule has 2 aliphatic rings. The van der Waals surface area contributed by atoms with Crippen LogP contribution in [0.3, 0.4) is 0 Å². The van der Waals surface area contributed by atoms with Crippen LogP contribution < -0.4 is 14.5 Å². The van der Waals surface area contributed by atoms with Crippen LogP contribution in [0, 0.1) is 10.1 Å². The second-order valence-electron chi connectivity index (χ2n) is 8.86. The van der Waals surface area contributed by atoms with Crippen molar-refractivity contribution in [1.29, 1.82) is 0 Å². The number of anilines is 2. The molecule has 0 saturated carbocycles. The Morgan fingerprint density at radius 3 is 2.80 bits per heavy atom. The summed E-state index contributed by atoms with van der Waals surface area (Å²) >= 11 is 1.39. The highest BCUT2D eigenvalue weighted by molar-refractivity contribution is 7.22. The highest BCUT2D eigenvalue weighted by Crippen LogP contribution is 2.36. The van der Waals surface area contributed by atoms with E-state index in [1.807, 2.05) is 23.1 Å². The number of carbonyl (C=O) groups excluding carboxylic acids is 1. The normalized spacial score (nSPS) is 18.1. The summed E-state index contributed by atoms with van der Waals surface area (Å²) in [6.45, 7) is 2.57. The first kappa shape index (κ1) is 23.5. The number of hydrogen-bond donors (Lipinski definition) is 0. The highest BCUT2D eigenvalue weighted by Gasteiger charge is 2.30. The first-order valence-electron chi connectivity index (χ1n) is 12.0. The number of para-hydroxylation sites is 1. The maximum Gasteiger partial charge on any atom is 0.293 e. The average molecular weight is 497 g/mol. The van der Waals surface area contributed by atoms with Crippen molar-refractivity contribution in [2.24, 2.45) is 0 Å². The van der Waals surface area contributed by atoms with Gasteiger partial charge < -0.3 is 14.4 Å². The lowest BCUT2D eigenvalue weighted by molar-refractivity contribution is -0.384. The second kappa shape index (κ2) is 10.2. The van der Waals surface area contributed by atoms with E-state index in [9.17, 15) is 14.9 Å². The smallest absolute Gasteiger partial charge is 0.293 e. The number of rotatable bonds is 7. The van der Waals surface area contributed by atoms with Gasteiger partial charge in [0, 0.05) is 31.3 Å². The lowest BCUT2D eigenvalue weighted by atomic mass is 10.1. The van der Waals surface area contributed by atoms with Crippen LogP contribution in [0.1, 0.15) is 42.5 Å². The van der Waals surface area contributed by atoms with Gasteiger partial charge in [0.15, 0.2) is 5.13 Å². The summed E-state index contributed by atoms with van der Waals surface area (Å²) in [7, 11) is 1.59. The molecule has 35 heavy (non-hydrogen) atoms. The van der Waals surface area contributed by atoms with Gasteiger partial charge in [-0.1, -0.05) is 17.4 Å². The van der Waals surface area contributed by atoms with Crippen molar-refractivity contribution in [3.63, 3.8) is 0 Å². The maximum atomic E-state index is 13.8. The molecule has 1 aromatic heterocycles. The summed E-state index contributed by atoms with van der Waals surface area (Å²) in [5, 5.41) is 12.5. The molecule has 1 amide bonds. The van der Waals surface area contributed by atoms with Gasteiger partial charge in [-0.2, -0.15) is 0 Å². The van der Waals surface area contributed by atoms with Gasteiger partial charge in [-0.05, 0) is 56.4 Å². The van der Waals surface area contributed by atoms with Gasteiger partial charge in [0.05, 0.1) is 29.4 Å².